The molecule has 0 radical (unpaired) electrons. The van der Waals surface area contributed by atoms with Crippen molar-refractivity contribution in [3.05, 3.63) is 86.7 Å². The van der Waals surface area contributed by atoms with Gasteiger partial charge in [0.1, 0.15) is 12.2 Å². The molecule has 0 saturated carbocycles. The van der Waals surface area contributed by atoms with Gasteiger partial charge in [0.15, 0.2) is 0 Å². The van der Waals surface area contributed by atoms with Gasteiger partial charge in [-0.15, -0.1) is 0 Å². The summed E-state index contributed by atoms with van der Waals surface area (Å²) in [5, 5.41) is 0.748. The fourth-order valence-corrected chi connectivity index (χ4v) is 3.13. The van der Waals surface area contributed by atoms with Crippen LogP contribution in [0.2, 0.25) is 0 Å². The number of hydrogen-bond acceptors (Lipinski definition) is 5. The van der Waals surface area contributed by atoms with Crippen LogP contribution in [0, 0.1) is 20.8 Å². The van der Waals surface area contributed by atoms with E-state index in [0.717, 1.165) is 16.7 Å². The highest BCUT2D eigenvalue weighted by Gasteiger charge is 2.17. The molecule has 0 unspecified atom stereocenters. The predicted molar refractivity (Wildman–Crippen MR) is 108 cm³/mol. The second-order valence-corrected chi connectivity index (χ2v) is 6.90. The van der Waals surface area contributed by atoms with E-state index in [4.69, 9.17) is 9.15 Å². The minimum Gasteiger partial charge on any atom is -0.457 e. The number of aryl methyl sites for hydroxylation is 3. The predicted octanol–water partition coefficient (Wildman–Crippen LogP) is 4.62. The van der Waals surface area contributed by atoms with Gasteiger partial charge in [-0.05, 0) is 55.7 Å². The van der Waals surface area contributed by atoms with Crippen molar-refractivity contribution in [2.45, 2.75) is 27.4 Å². The van der Waals surface area contributed by atoms with E-state index in [1.165, 1.54) is 6.07 Å². The molecule has 5 heteroatoms. The minimum atomic E-state index is -0.518. The van der Waals surface area contributed by atoms with Crippen LogP contribution in [-0.2, 0) is 11.3 Å². The standard InChI is InChI=1S/C23H19NO4/c1-13-9-18-20(10-14(13)2)28-22-19(21(18)25)11-17(15(3)24-22)23(26)27-12-16-7-5-4-6-8-16/h4-11H,12H2,1-3H3. The molecule has 28 heavy (non-hydrogen) atoms. The van der Waals surface area contributed by atoms with Gasteiger partial charge in [-0.1, -0.05) is 30.3 Å². The van der Waals surface area contributed by atoms with Crippen molar-refractivity contribution in [3.63, 3.8) is 0 Å². The van der Waals surface area contributed by atoms with E-state index in [9.17, 15) is 9.59 Å². The number of hydrogen-bond donors (Lipinski definition) is 0. The number of carbonyl (C=O) groups excluding carboxylic acids is 1. The molecule has 0 aliphatic rings. The Morgan fingerprint density at radius 3 is 2.46 bits per heavy atom. The highest BCUT2D eigenvalue weighted by molar-refractivity contribution is 5.96. The summed E-state index contributed by atoms with van der Waals surface area (Å²) in [6.07, 6.45) is 0. The van der Waals surface area contributed by atoms with Gasteiger partial charge < -0.3 is 9.15 Å². The normalized spacial score (nSPS) is 11.1. The molecule has 5 nitrogen and oxygen atoms in total. The second-order valence-electron chi connectivity index (χ2n) is 6.90. The lowest BCUT2D eigenvalue weighted by Crippen LogP contribution is -2.11. The number of carbonyl (C=O) groups is 1. The molecule has 0 N–H and O–H groups in total. The van der Waals surface area contributed by atoms with Gasteiger partial charge in [0.2, 0.25) is 11.1 Å². The molecule has 0 aliphatic carbocycles. The number of fused-ring (bicyclic) bond motifs is 2. The average Bonchev–Trinajstić information content (AvgIpc) is 2.68. The van der Waals surface area contributed by atoms with Crippen molar-refractivity contribution in [3.8, 4) is 0 Å². The molecule has 0 spiro atoms. The number of esters is 1. The third-order valence-electron chi connectivity index (χ3n) is 4.90. The van der Waals surface area contributed by atoms with Gasteiger partial charge in [0, 0.05) is 0 Å². The van der Waals surface area contributed by atoms with Gasteiger partial charge in [0.05, 0.1) is 22.0 Å². The fourth-order valence-electron chi connectivity index (χ4n) is 3.13. The van der Waals surface area contributed by atoms with E-state index in [0.29, 0.717) is 16.7 Å². The van der Waals surface area contributed by atoms with Gasteiger partial charge in [-0.3, -0.25) is 4.79 Å². The van der Waals surface area contributed by atoms with Crippen molar-refractivity contribution in [2.24, 2.45) is 0 Å². The van der Waals surface area contributed by atoms with Crippen LogP contribution in [0.5, 0.6) is 0 Å². The van der Waals surface area contributed by atoms with Crippen LogP contribution in [0.15, 0.2) is 57.7 Å². The van der Waals surface area contributed by atoms with Gasteiger partial charge in [-0.2, -0.15) is 0 Å². The van der Waals surface area contributed by atoms with Gasteiger partial charge in [-0.25, -0.2) is 9.78 Å². The Kier molecular flexibility index (Phi) is 4.43. The van der Waals surface area contributed by atoms with Crippen LogP contribution in [0.3, 0.4) is 0 Å². The highest BCUT2D eigenvalue weighted by Crippen LogP contribution is 2.23. The molecule has 0 bridgehead atoms. The smallest absolute Gasteiger partial charge is 0.340 e. The number of rotatable bonds is 3. The number of aromatic nitrogens is 1. The lowest BCUT2D eigenvalue weighted by atomic mass is 10.0. The van der Waals surface area contributed by atoms with Crippen molar-refractivity contribution in [2.75, 3.05) is 0 Å². The summed E-state index contributed by atoms with van der Waals surface area (Å²) < 4.78 is 11.2. The lowest BCUT2D eigenvalue weighted by Gasteiger charge is -2.09. The lowest BCUT2D eigenvalue weighted by molar-refractivity contribution is 0.0471. The summed E-state index contributed by atoms with van der Waals surface area (Å²) >= 11 is 0. The zero-order chi connectivity index (χ0) is 19.8. The van der Waals surface area contributed by atoms with E-state index in [2.05, 4.69) is 4.98 Å². The topological polar surface area (TPSA) is 69.4 Å². The van der Waals surface area contributed by atoms with Crippen molar-refractivity contribution in [1.29, 1.82) is 0 Å². The Bertz CT molecular complexity index is 1270. The molecule has 2 aromatic carbocycles. The Morgan fingerprint density at radius 1 is 1.00 bits per heavy atom. The molecule has 0 saturated heterocycles. The number of ether oxygens (including phenoxy) is 1. The third-order valence-corrected chi connectivity index (χ3v) is 4.90. The van der Waals surface area contributed by atoms with Crippen molar-refractivity contribution in [1.82, 2.24) is 4.98 Å². The van der Waals surface area contributed by atoms with E-state index >= 15 is 0 Å². The molecule has 2 heterocycles. The Balaban J connectivity index is 1.77. The first-order chi connectivity index (χ1) is 13.4. The maximum atomic E-state index is 13.0. The summed E-state index contributed by atoms with van der Waals surface area (Å²) in [5.74, 6) is -0.518. The van der Waals surface area contributed by atoms with Crippen LogP contribution >= 0.6 is 0 Å². The Labute approximate surface area is 161 Å². The SMILES string of the molecule is Cc1cc2oc3nc(C)c(C(=O)OCc4ccccc4)cc3c(=O)c2cc1C. The quantitative estimate of drug-likeness (QED) is 0.387. The zero-order valence-corrected chi connectivity index (χ0v) is 15.9. The first kappa shape index (κ1) is 17.9. The van der Waals surface area contributed by atoms with Gasteiger partial charge in [0.25, 0.3) is 0 Å². The van der Waals surface area contributed by atoms with Crippen LogP contribution in [0.4, 0.5) is 0 Å². The van der Waals surface area contributed by atoms with Crippen LogP contribution in [0.25, 0.3) is 22.1 Å². The molecular formula is C23H19NO4. The number of pyridine rings is 1. The van der Waals surface area contributed by atoms with E-state index < -0.39 is 5.97 Å². The maximum Gasteiger partial charge on any atom is 0.340 e. The van der Waals surface area contributed by atoms with Gasteiger partial charge >= 0.3 is 5.97 Å². The zero-order valence-electron chi connectivity index (χ0n) is 15.9. The molecule has 4 aromatic rings. The van der Waals surface area contributed by atoms with Crippen LogP contribution in [-0.4, -0.2) is 11.0 Å². The van der Waals surface area contributed by atoms with E-state index in [-0.39, 0.29) is 28.7 Å². The summed E-state index contributed by atoms with van der Waals surface area (Å²) in [5.41, 5.74) is 4.15. The van der Waals surface area contributed by atoms with Crippen molar-refractivity contribution < 1.29 is 13.9 Å². The van der Waals surface area contributed by atoms with Crippen LogP contribution in [0.1, 0.15) is 32.7 Å². The summed E-state index contributed by atoms with van der Waals surface area (Å²) in [6, 6.07) is 14.6. The largest absolute Gasteiger partial charge is 0.457 e. The van der Waals surface area contributed by atoms with E-state index in [1.807, 2.05) is 56.3 Å². The summed E-state index contributed by atoms with van der Waals surface area (Å²) in [7, 11) is 0. The first-order valence-electron chi connectivity index (χ1n) is 9.00. The second kappa shape index (κ2) is 6.93. The third kappa shape index (κ3) is 3.16. The van der Waals surface area contributed by atoms with E-state index in [1.54, 1.807) is 6.92 Å². The highest BCUT2D eigenvalue weighted by atomic mass is 16.5. The Morgan fingerprint density at radius 2 is 1.71 bits per heavy atom. The molecular weight excluding hydrogens is 354 g/mol. The molecule has 0 aliphatic heterocycles. The Hall–Kier alpha value is -3.47. The summed E-state index contributed by atoms with van der Waals surface area (Å²) in [4.78, 5) is 29.9. The first-order valence-corrected chi connectivity index (χ1v) is 9.00. The number of benzene rings is 2. The molecule has 0 amide bonds. The molecule has 0 fully saturated rings. The van der Waals surface area contributed by atoms with Crippen LogP contribution < -0.4 is 5.43 Å². The minimum absolute atomic E-state index is 0.155. The monoisotopic (exact) mass is 373 g/mol. The summed E-state index contributed by atoms with van der Waals surface area (Å²) in [6.45, 7) is 5.76. The maximum absolute atomic E-state index is 13.0. The molecule has 0 atom stereocenters. The number of nitrogens with zero attached hydrogens (tertiary/aromatic N) is 1. The molecule has 2 aromatic heterocycles. The fraction of sp³-hybridized carbons (Fsp3) is 0.174. The molecule has 4 rings (SSSR count). The average molecular weight is 373 g/mol. The molecule has 140 valence electrons. The van der Waals surface area contributed by atoms with Crippen molar-refractivity contribution >= 4 is 28.0 Å².